The zero-order valence-corrected chi connectivity index (χ0v) is 9.46. The van der Waals surface area contributed by atoms with E-state index in [0.29, 0.717) is 29.9 Å². The Hall–Kier alpha value is -1.49. The van der Waals surface area contributed by atoms with E-state index >= 15 is 0 Å². The van der Waals surface area contributed by atoms with Crippen molar-refractivity contribution in [3.05, 3.63) is 17.4 Å². The van der Waals surface area contributed by atoms with Crippen molar-refractivity contribution in [3.8, 4) is 17.2 Å². The van der Waals surface area contributed by atoms with Gasteiger partial charge in [-0.15, -0.1) is 0 Å². The number of ether oxygens (including phenoxy) is 3. The molecule has 2 aliphatic rings. The summed E-state index contributed by atoms with van der Waals surface area (Å²) in [5, 5.41) is 9.90. The van der Waals surface area contributed by atoms with Crippen LogP contribution in [0.2, 0.25) is 0 Å². The fraction of sp³-hybridized carbons (Fsp3) is 0.500. The predicted octanol–water partition coefficient (Wildman–Crippen LogP) is 1.63. The topological polar surface area (TPSA) is 47.9 Å². The van der Waals surface area contributed by atoms with Crippen LogP contribution >= 0.6 is 0 Å². The van der Waals surface area contributed by atoms with E-state index in [1.54, 1.807) is 0 Å². The van der Waals surface area contributed by atoms with E-state index in [-0.39, 0.29) is 19.0 Å². The molecule has 5 heteroatoms. The fourth-order valence-corrected chi connectivity index (χ4v) is 2.02. The zero-order chi connectivity index (χ0) is 12.0. The molecule has 1 aliphatic heterocycles. The summed E-state index contributed by atoms with van der Waals surface area (Å²) in [6, 6.07) is 1.47. The van der Waals surface area contributed by atoms with Gasteiger partial charge in [-0.25, -0.2) is 4.39 Å². The third-order valence-corrected chi connectivity index (χ3v) is 3.21. The lowest BCUT2D eigenvalue weighted by atomic mass is 10.0. The summed E-state index contributed by atoms with van der Waals surface area (Å²) in [5.41, 5.74) is -0.440. The average Bonchev–Trinajstić information content (AvgIpc) is 2.87. The van der Waals surface area contributed by atoms with Crippen LogP contribution < -0.4 is 14.2 Å². The molecule has 3 rings (SSSR count). The van der Waals surface area contributed by atoms with Crippen LogP contribution in [0, 0.1) is 5.82 Å². The SMILES string of the molecule is COc1cc2c(c(CC3(O)CC3)c1F)OCO2. The van der Waals surface area contributed by atoms with Gasteiger partial charge in [0.2, 0.25) is 6.79 Å². The van der Waals surface area contributed by atoms with Gasteiger partial charge in [0.25, 0.3) is 0 Å². The molecule has 0 atom stereocenters. The maximum absolute atomic E-state index is 14.1. The van der Waals surface area contributed by atoms with E-state index in [0.717, 1.165) is 0 Å². The third kappa shape index (κ3) is 1.70. The Morgan fingerprint density at radius 3 is 2.88 bits per heavy atom. The molecule has 1 aromatic carbocycles. The van der Waals surface area contributed by atoms with Crippen molar-refractivity contribution in [1.82, 2.24) is 0 Å². The van der Waals surface area contributed by atoms with Crippen molar-refractivity contribution in [2.24, 2.45) is 0 Å². The molecular weight excluding hydrogens is 227 g/mol. The molecule has 0 unspecified atom stereocenters. The first-order valence-electron chi connectivity index (χ1n) is 5.50. The van der Waals surface area contributed by atoms with Crippen molar-refractivity contribution in [1.29, 1.82) is 0 Å². The Balaban J connectivity index is 2.07. The second-order valence-electron chi connectivity index (χ2n) is 4.51. The third-order valence-electron chi connectivity index (χ3n) is 3.21. The van der Waals surface area contributed by atoms with E-state index in [4.69, 9.17) is 14.2 Å². The second kappa shape index (κ2) is 3.50. The lowest BCUT2D eigenvalue weighted by Crippen LogP contribution is -2.13. The van der Waals surface area contributed by atoms with Crippen LogP contribution in [0.4, 0.5) is 4.39 Å². The van der Waals surface area contributed by atoms with Crippen molar-refractivity contribution < 1.29 is 23.7 Å². The Morgan fingerprint density at radius 2 is 2.24 bits per heavy atom. The Morgan fingerprint density at radius 1 is 1.47 bits per heavy atom. The number of halogens is 1. The molecule has 1 heterocycles. The standard InChI is InChI=1S/C12H13FO4/c1-15-8-4-9-11(17-6-16-9)7(10(8)13)5-12(14)2-3-12/h4,14H,2-3,5-6H2,1H3. The quantitative estimate of drug-likeness (QED) is 0.872. The number of rotatable bonds is 3. The summed E-state index contributed by atoms with van der Waals surface area (Å²) in [4.78, 5) is 0. The molecule has 17 heavy (non-hydrogen) atoms. The van der Waals surface area contributed by atoms with Gasteiger partial charge in [-0.1, -0.05) is 0 Å². The Kier molecular flexibility index (Phi) is 2.19. The normalized spacial score (nSPS) is 19.2. The zero-order valence-electron chi connectivity index (χ0n) is 9.46. The van der Waals surface area contributed by atoms with Crippen LogP contribution in [0.25, 0.3) is 0 Å². The van der Waals surface area contributed by atoms with Gasteiger partial charge in [0.15, 0.2) is 23.1 Å². The molecule has 0 saturated heterocycles. The second-order valence-corrected chi connectivity index (χ2v) is 4.51. The van der Waals surface area contributed by atoms with Gasteiger partial charge in [0.05, 0.1) is 12.7 Å². The van der Waals surface area contributed by atoms with Crippen molar-refractivity contribution in [2.45, 2.75) is 24.9 Å². The van der Waals surface area contributed by atoms with E-state index in [9.17, 15) is 9.50 Å². The number of aliphatic hydroxyl groups is 1. The number of benzene rings is 1. The summed E-state index contributed by atoms with van der Waals surface area (Å²) in [5.74, 6) is 0.511. The van der Waals surface area contributed by atoms with Crippen LogP contribution in [0.15, 0.2) is 6.07 Å². The summed E-state index contributed by atoms with van der Waals surface area (Å²) >= 11 is 0. The summed E-state index contributed by atoms with van der Waals surface area (Å²) in [6.07, 6.45) is 1.63. The monoisotopic (exact) mass is 240 g/mol. The van der Waals surface area contributed by atoms with Gasteiger partial charge >= 0.3 is 0 Å². The molecule has 1 aromatic rings. The number of fused-ring (bicyclic) bond motifs is 1. The minimum Gasteiger partial charge on any atom is -0.494 e. The molecule has 1 N–H and O–H groups in total. The maximum Gasteiger partial charge on any atom is 0.231 e. The van der Waals surface area contributed by atoms with Crippen molar-refractivity contribution in [3.63, 3.8) is 0 Å². The molecule has 0 spiro atoms. The predicted molar refractivity (Wildman–Crippen MR) is 57.0 cm³/mol. The van der Waals surface area contributed by atoms with Gasteiger partial charge in [-0.3, -0.25) is 0 Å². The molecule has 0 bridgehead atoms. The number of hydrogen-bond donors (Lipinski definition) is 1. The molecule has 4 nitrogen and oxygen atoms in total. The van der Waals surface area contributed by atoms with Gasteiger partial charge in [0, 0.05) is 18.1 Å². The first-order chi connectivity index (χ1) is 8.13. The van der Waals surface area contributed by atoms with E-state index in [1.165, 1.54) is 13.2 Å². The molecule has 1 aliphatic carbocycles. The van der Waals surface area contributed by atoms with Crippen LogP contribution in [-0.4, -0.2) is 24.6 Å². The van der Waals surface area contributed by atoms with Crippen molar-refractivity contribution in [2.75, 3.05) is 13.9 Å². The Bertz CT molecular complexity index is 467. The first kappa shape index (κ1) is 10.7. The van der Waals surface area contributed by atoms with Gasteiger partial charge in [-0.05, 0) is 12.8 Å². The molecular formula is C12H13FO4. The highest BCUT2D eigenvalue weighted by atomic mass is 19.1. The molecule has 1 saturated carbocycles. The Labute approximate surface area is 97.9 Å². The lowest BCUT2D eigenvalue weighted by molar-refractivity contribution is 0.145. The number of methoxy groups -OCH3 is 1. The van der Waals surface area contributed by atoms with Gasteiger partial charge < -0.3 is 19.3 Å². The van der Waals surface area contributed by atoms with Crippen LogP contribution in [-0.2, 0) is 6.42 Å². The first-order valence-corrected chi connectivity index (χ1v) is 5.50. The molecule has 0 radical (unpaired) electrons. The highest BCUT2D eigenvalue weighted by molar-refractivity contribution is 5.54. The summed E-state index contributed by atoms with van der Waals surface area (Å²) in [6.45, 7) is 0.0768. The van der Waals surface area contributed by atoms with Crippen molar-refractivity contribution >= 4 is 0 Å². The summed E-state index contributed by atoms with van der Waals surface area (Å²) in [7, 11) is 1.40. The van der Waals surface area contributed by atoms with Crippen LogP contribution in [0.3, 0.4) is 0 Å². The minimum atomic E-state index is -0.785. The largest absolute Gasteiger partial charge is 0.494 e. The van der Waals surface area contributed by atoms with E-state index < -0.39 is 11.4 Å². The van der Waals surface area contributed by atoms with E-state index in [1.807, 2.05) is 0 Å². The number of hydrogen-bond acceptors (Lipinski definition) is 4. The van der Waals surface area contributed by atoms with Gasteiger partial charge in [0.1, 0.15) is 0 Å². The molecule has 92 valence electrons. The van der Waals surface area contributed by atoms with E-state index in [2.05, 4.69) is 0 Å². The average molecular weight is 240 g/mol. The van der Waals surface area contributed by atoms with Crippen LogP contribution in [0.1, 0.15) is 18.4 Å². The summed E-state index contributed by atoms with van der Waals surface area (Å²) < 4.78 is 29.5. The highest BCUT2D eigenvalue weighted by Crippen LogP contribution is 2.47. The lowest BCUT2D eigenvalue weighted by Gasteiger charge is -2.13. The molecule has 0 amide bonds. The minimum absolute atomic E-state index is 0.0768. The van der Waals surface area contributed by atoms with Crippen LogP contribution in [0.5, 0.6) is 17.2 Å². The molecule has 1 fully saturated rings. The molecule has 0 aromatic heterocycles. The highest BCUT2D eigenvalue weighted by Gasteiger charge is 2.43. The smallest absolute Gasteiger partial charge is 0.231 e. The maximum atomic E-state index is 14.1. The fourth-order valence-electron chi connectivity index (χ4n) is 2.02. The van der Waals surface area contributed by atoms with Gasteiger partial charge in [-0.2, -0.15) is 0 Å².